The second-order valence-electron chi connectivity index (χ2n) is 2.04. The Morgan fingerprint density at radius 3 is 2.50 bits per heavy atom. The van der Waals surface area contributed by atoms with Crippen LogP contribution >= 0.6 is 0 Å². The van der Waals surface area contributed by atoms with Crippen molar-refractivity contribution in [2.75, 3.05) is 0 Å². The van der Waals surface area contributed by atoms with Crippen LogP contribution in [0.15, 0.2) is 24.3 Å². The zero-order valence-electron chi connectivity index (χ0n) is 6.24. The minimum atomic E-state index is -0.791. The smallest absolute Gasteiger partial charge is 0.310 e. The highest BCUT2D eigenvalue weighted by molar-refractivity contribution is 5.71. The van der Waals surface area contributed by atoms with Crippen molar-refractivity contribution in [2.45, 2.75) is 13.8 Å². The molecule has 0 aromatic heterocycles. The lowest BCUT2D eigenvalue weighted by molar-refractivity contribution is -0.139. The predicted octanol–water partition coefficient (Wildman–Crippen LogP) is 1.84. The van der Waals surface area contributed by atoms with Gasteiger partial charge in [0.15, 0.2) is 0 Å². The molecule has 0 fully saturated rings. The van der Waals surface area contributed by atoms with Crippen LogP contribution in [0.2, 0.25) is 0 Å². The summed E-state index contributed by atoms with van der Waals surface area (Å²) in [5.74, 6) is -1.18. The van der Waals surface area contributed by atoms with E-state index in [-0.39, 0.29) is 0 Å². The predicted molar refractivity (Wildman–Crippen MR) is 40.8 cm³/mol. The van der Waals surface area contributed by atoms with Crippen LogP contribution < -0.4 is 0 Å². The molecule has 1 N–H and O–H groups in total. The molecule has 0 aromatic rings. The summed E-state index contributed by atoms with van der Waals surface area (Å²) in [6.45, 7) is 3.53. The van der Waals surface area contributed by atoms with Crippen molar-refractivity contribution in [3.63, 3.8) is 0 Å². The van der Waals surface area contributed by atoms with Crippen LogP contribution in [0.5, 0.6) is 0 Å². The van der Waals surface area contributed by atoms with Gasteiger partial charge < -0.3 is 5.11 Å². The van der Waals surface area contributed by atoms with Crippen molar-refractivity contribution in [2.24, 2.45) is 5.92 Å². The molecular formula is C8H12O2. The van der Waals surface area contributed by atoms with E-state index in [1.165, 1.54) is 0 Å². The average molecular weight is 140 g/mol. The zero-order valence-corrected chi connectivity index (χ0v) is 6.24. The van der Waals surface area contributed by atoms with Gasteiger partial charge in [0.2, 0.25) is 0 Å². The van der Waals surface area contributed by atoms with E-state index in [1.807, 2.05) is 13.0 Å². The largest absolute Gasteiger partial charge is 0.481 e. The van der Waals surface area contributed by atoms with E-state index >= 15 is 0 Å². The van der Waals surface area contributed by atoms with Crippen LogP contribution in [0.3, 0.4) is 0 Å². The number of carboxylic acids is 1. The minimum absolute atomic E-state index is 0.392. The van der Waals surface area contributed by atoms with Gasteiger partial charge in [-0.25, -0.2) is 0 Å². The molecule has 0 aliphatic heterocycles. The van der Waals surface area contributed by atoms with Gasteiger partial charge >= 0.3 is 5.97 Å². The number of carbonyl (C=O) groups is 1. The summed E-state index contributed by atoms with van der Waals surface area (Å²) >= 11 is 0. The van der Waals surface area contributed by atoms with Crippen LogP contribution in [-0.4, -0.2) is 11.1 Å². The normalized spacial score (nSPS) is 14.6. The molecular weight excluding hydrogens is 128 g/mol. The van der Waals surface area contributed by atoms with Crippen molar-refractivity contribution >= 4 is 5.97 Å². The first-order chi connectivity index (χ1) is 4.68. The van der Waals surface area contributed by atoms with Crippen LogP contribution in [0, 0.1) is 5.92 Å². The molecule has 0 aromatic carbocycles. The third-order valence-corrected chi connectivity index (χ3v) is 1.09. The molecule has 0 rings (SSSR count). The topological polar surface area (TPSA) is 37.3 Å². The Morgan fingerprint density at radius 1 is 1.50 bits per heavy atom. The van der Waals surface area contributed by atoms with Crippen LogP contribution in [0.4, 0.5) is 0 Å². The molecule has 2 nitrogen and oxygen atoms in total. The summed E-state index contributed by atoms with van der Waals surface area (Å²) in [6, 6.07) is 0. The molecule has 0 aliphatic carbocycles. The number of aliphatic carboxylic acids is 1. The molecule has 0 saturated carbocycles. The lowest BCUT2D eigenvalue weighted by Crippen LogP contribution is -2.05. The SMILES string of the molecule is C/C=C\C=C\C(C)C(=O)O. The molecule has 2 heteroatoms. The summed E-state index contributed by atoms with van der Waals surface area (Å²) in [5, 5.41) is 8.41. The number of allylic oxidation sites excluding steroid dienone is 3. The minimum Gasteiger partial charge on any atom is -0.481 e. The zero-order chi connectivity index (χ0) is 7.98. The molecule has 0 bridgehead atoms. The number of hydrogen-bond donors (Lipinski definition) is 1. The van der Waals surface area contributed by atoms with E-state index in [9.17, 15) is 4.79 Å². The molecule has 0 amide bonds. The highest BCUT2D eigenvalue weighted by Crippen LogP contribution is 1.96. The molecule has 0 radical (unpaired) electrons. The molecule has 56 valence electrons. The van der Waals surface area contributed by atoms with Gasteiger partial charge in [0.05, 0.1) is 5.92 Å². The van der Waals surface area contributed by atoms with E-state index < -0.39 is 11.9 Å². The third kappa shape index (κ3) is 3.89. The van der Waals surface area contributed by atoms with Crippen molar-refractivity contribution < 1.29 is 9.90 Å². The van der Waals surface area contributed by atoms with E-state index in [0.29, 0.717) is 0 Å². The molecule has 0 heterocycles. The first-order valence-corrected chi connectivity index (χ1v) is 3.20. The van der Waals surface area contributed by atoms with Crippen LogP contribution in [-0.2, 0) is 4.79 Å². The monoisotopic (exact) mass is 140 g/mol. The second kappa shape index (κ2) is 4.79. The maximum atomic E-state index is 10.2. The molecule has 1 atom stereocenters. The van der Waals surface area contributed by atoms with Crippen molar-refractivity contribution in [3.8, 4) is 0 Å². The summed E-state index contributed by atoms with van der Waals surface area (Å²) in [5.41, 5.74) is 0. The van der Waals surface area contributed by atoms with E-state index in [2.05, 4.69) is 0 Å². The fourth-order valence-corrected chi connectivity index (χ4v) is 0.424. The second-order valence-corrected chi connectivity index (χ2v) is 2.04. The quantitative estimate of drug-likeness (QED) is 0.607. The summed E-state index contributed by atoms with van der Waals surface area (Å²) in [7, 11) is 0. The Kier molecular flexibility index (Phi) is 4.29. The van der Waals surface area contributed by atoms with E-state index in [4.69, 9.17) is 5.11 Å². The van der Waals surface area contributed by atoms with Gasteiger partial charge in [0.1, 0.15) is 0 Å². The maximum Gasteiger partial charge on any atom is 0.310 e. The van der Waals surface area contributed by atoms with Gasteiger partial charge in [-0.3, -0.25) is 4.79 Å². The van der Waals surface area contributed by atoms with Crippen molar-refractivity contribution in [3.05, 3.63) is 24.3 Å². The molecule has 0 spiro atoms. The van der Waals surface area contributed by atoms with E-state index in [1.54, 1.807) is 25.2 Å². The lowest BCUT2D eigenvalue weighted by Gasteiger charge is -1.94. The van der Waals surface area contributed by atoms with Gasteiger partial charge in [-0.05, 0) is 13.8 Å². The highest BCUT2D eigenvalue weighted by atomic mass is 16.4. The number of rotatable bonds is 3. The Balaban J connectivity index is 3.77. The van der Waals surface area contributed by atoms with Gasteiger partial charge in [-0.2, -0.15) is 0 Å². The van der Waals surface area contributed by atoms with Gasteiger partial charge in [0, 0.05) is 0 Å². The van der Waals surface area contributed by atoms with Gasteiger partial charge in [-0.15, -0.1) is 0 Å². The summed E-state index contributed by atoms with van der Waals surface area (Å²) in [6.07, 6.45) is 7.03. The van der Waals surface area contributed by atoms with Crippen LogP contribution in [0.1, 0.15) is 13.8 Å². The summed E-state index contributed by atoms with van der Waals surface area (Å²) < 4.78 is 0. The first-order valence-electron chi connectivity index (χ1n) is 3.20. The standard InChI is InChI=1S/C8H12O2/c1-3-4-5-6-7(2)8(9)10/h3-7H,1-2H3,(H,9,10)/b4-3-,6-5+. The Hall–Kier alpha value is -1.05. The lowest BCUT2D eigenvalue weighted by atomic mass is 10.2. The van der Waals surface area contributed by atoms with Crippen LogP contribution in [0.25, 0.3) is 0 Å². The molecule has 10 heavy (non-hydrogen) atoms. The average Bonchev–Trinajstić information content (AvgIpc) is 1.88. The molecule has 0 aliphatic rings. The first kappa shape index (κ1) is 8.95. The van der Waals surface area contributed by atoms with E-state index in [0.717, 1.165) is 0 Å². The van der Waals surface area contributed by atoms with Gasteiger partial charge in [0.25, 0.3) is 0 Å². The molecule has 1 unspecified atom stereocenters. The fourth-order valence-electron chi connectivity index (χ4n) is 0.424. The molecule has 0 saturated heterocycles. The Morgan fingerprint density at radius 2 is 2.10 bits per heavy atom. The maximum absolute atomic E-state index is 10.2. The fraction of sp³-hybridized carbons (Fsp3) is 0.375. The Labute approximate surface area is 60.9 Å². The highest BCUT2D eigenvalue weighted by Gasteiger charge is 2.03. The third-order valence-electron chi connectivity index (χ3n) is 1.09. The Bertz CT molecular complexity index is 157. The van der Waals surface area contributed by atoms with Crippen molar-refractivity contribution in [1.82, 2.24) is 0 Å². The van der Waals surface area contributed by atoms with Gasteiger partial charge in [-0.1, -0.05) is 24.3 Å². The van der Waals surface area contributed by atoms with Crippen molar-refractivity contribution in [1.29, 1.82) is 0 Å². The number of hydrogen-bond acceptors (Lipinski definition) is 1. The number of carboxylic acid groups (broad SMARTS) is 1. The summed E-state index contributed by atoms with van der Waals surface area (Å²) in [4.78, 5) is 10.2.